The van der Waals surface area contributed by atoms with Gasteiger partial charge in [-0.3, -0.25) is 14.6 Å². The molecule has 5 nitrogen and oxygen atoms in total. The first-order valence-corrected chi connectivity index (χ1v) is 9.77. The first kappa shape index (κ1) is 20.7. The van der Waals surface area contributed by atoms with Crippen molar-refractivity contribution in [3.63, 3.8) is 0 Å². The maximum absolute atomic E-state index is 13.2. The molecular weight excluding hydrogens is 369 g/mol. The summed E-state index contributed by atoms with van der Waals surface area (Å²) in [4.78, 5) is 31.3. The van der Waals surface area contributed by atoms with Crippen molar-refractivity contribution in [2.75, 3.05) is 6.54 Å². The van der Waals surface area contributed by atoms with E-state index in [1.807, 2.05) is 25.1 Å². The summed E-state index contributed by atoms with van der Waals surface area (Å²) in [7, 11) is 0. The van der Waals surface area contributed by atoms with E-state index in [0.29, 0.717) is 5.56 Å². The van der Waals surface area contributed by atoms with Crippen LogP contribution in [0.5, 0.6) is 0 Å². The number of hydrogen-bond acceptors (Lipinski definition) is 3. The smallest absolute Gasteiger partial charge is 0.275 e. The molecule has 2 amide bonds. The van der Waals surface area contributed by atoms with Crippen LogP contribution in [-0.4, -0.2) is 40.7 Å². The molecule has 1 atom stereocenters. The van der Waals surface area contributed by atoms with Gasteiger partial charge in [-0.2, -0.15) is 0 Å². The molecule has 2 aromatic carbocycles. The second-order valence-corrected chi connectivity index (χ2v) is 7.85. The lowest BCUT2D eigenvalue weighted by Gasteiger charge is -2.29. The maximum Gasteiger partial charge on any atom is 0.275 e. The van der Waals surface area contributed by atoms with Crippen LogP contribution in [0.25, 0.3) is 0 Å². The molecular formula is C23H26FN3O2. The summed E-state index contributed by atoms with van der Waals surface area (Å²) in [5.74, 6) is -0.920. The molecule has 1 N–H and O–H groups in total. The van der Waals surface area contributed by atoms with Gasteiger partial charge in [0.15, 0.2) is 0 Å². The molecule has 0 aromatic heterocycles. The standard InChI is InChI=1S/C23H26FN3O2/c1-16(9-10-17-7-5-4-6-8-17)25-20(28)15-27-22(29)21(26-23(27,2)3)18-11-13-19(24)14-12-18/h4-8,11-14,16H,9-10,15H2,1-3H3,(H,25,28)/t16-/m1/s1. The Morgan fingerprint density at radius 1 is 1.14 bits per heavy atom. The van der Waals surface area contributed by atoms with Crippen molar-refractivity contribution >= 4 is 17.5 Å². The number of halogens is 1. The third kappa shape index (κ3) is 5.08. The maximum atomic E-state index is 13.2. The number of hydrogen-bond donors (Lipinski definition) is 1. The van der Waals surface area contributed by atoms with E-state index in [4.69, 9.17) is 0 Å². The second kappa shape index (κ2) is 8.55. The summed E-state index contributed by atoms with van der Waals surface area (Å²) in [6, 6.07) is 15.7. The molecule has 0 unspecified atom stereocenters. The molecule has 3 rings (SSSR count). The molecule has 0 aliphatic carbocycles. The lowest BCUT2D eigenvalue weighted by molar-refractivity contribution is -0.134. The number of carbonyl (C=O) groups excluding carboxylic acids is 2. The highest BCUT2D eigenvalue weighted by atomic mass is 19.1. The average Bonchev–Trinajstić information content (AvgIpc) is 2.91. The lowest BCUT2D eigenvalue weighted by atomic mass is 10.1. The molecule has 152 valence electrons. The average molecular weight is 395 g/mol. The molecule has 0 radical (unpaired) electrons. The predicted molar refractivity (Wildman–Crippen MR) is 111 cm³/mol. The van der Waals surface area contributed by atoms with Crippen LogP contribution in [0.15, 0.2) is 59.6 Å². The Morgan fingerprint density at radius 3 is 2.45 bits per heavy atom. The summed E-state index contributed by atoms with van der Waals surface area (Å²) in [5.41, 5.74) is 1.18. The summed E-state index contributed by atoms with van der Waals surface area (Å²) >= 11 is 0. The summed E-state index contributed by atoms with van der Waals surface area (Å²) < 4.78 is 13.2. The topological polar surface area (TPSA) is 61.8 Å². The molecule has 0 fully saturated rings. The van der Waals surface area contributed by atoms with Gasteiger partial charge in [0, 0.05) is 11.6 Å². The van der Waals surface area contributed by atoms with Crippen molar-refractivity contribution in [1.82, 2.24) is 10.2 Å². The quantitative estimate of drug-likeness (QED) is 0.782. The minimum atomic E-state index is -0.842. The van der Waals surface area contributed by atoms with Gasteiger partial charge in [0.05, 0.1) is 0 Å². The van der Waals surface area contributed by atoms with Gasteiger partial charge in [0.2, 0.25) is 5.91 Å². The van der Waals surface area contributed by atoms with Crippen molar-refractivity contribution < 1.29 is 14.0 Å². The monoisotopic (exact) mass is 395 g/mol. The van der Waals surface area contributed by atoms with E-state index in [1.165, 1.54) is 34.7 Å². The SMILES string of the molecule is C[C@H](CCc1ccccc1)NC(=O)CN1C(=O)C(c2ccc(F)cc2)=NC1(C)C. The number of aliphatic imine (C=N–C) groups is 1. The number of nitrogens with zero attached hydrogens (tertiary/aromatic N) is 2. The highest BCUT2D eigenvalue weighted by molar-refractivity contribution is 6.46. The summed E-state index contributed by atoms with van der Waals surface area (Å²) in [5, 5.41) is 2.96. The summed E-state index contributed by atoms with van der Waals surface area (Å²) in [6.07, 6.45) is 1.68. The number of carbonyl (C=O) groups is 2. The summed E-state index contributed by atoms with van der Waals surface area (Å²) in [6.45, 7) is 5.45. The molecule has 6 heteroatoms. The molecule has 1 aliphatic rings. The van der Waals surface area contributed by atoms with Crippen LogP contribution in [0.1, 0.15) is 38.3 Å². The Labute approximate surface area is 170 Å². The van der Waals surface area contributed by atoms with Gasteiger partial charge < -0.3 is 10.2 Å². The Morgan fingerprint density at radius 2 is 1.79 bits per heavy atom. The van der Waals surface area contributed by atoms with Crippen molar-refractivity contribution in [1.29, 1.82) is 0 Å². The van der Waals surface area contributed by atoms with Crippen LogP contribution in [0, 0.1) is 5.82 Å². The van der Waals surface area contributed by atoms with Crippen molar-refractivity contribution in [2.45, 2.75) is 45.3 Å². The molecule has 2 aromatic rings. The van der Waals surface area contributed by atoms with Gasteiger partial charge in [-0.15, -0.1) is 0 Å². The van der Waals surface area contributed by atoms with Crippen LogP contribution < -0.4 is 5.32 Å². The van der Waals surface area contributed by atoms with E-state index in [0.717, 1.165) is 12.8 Å². The van der Waals surface area contributed by atoms with Gasteiger partial charge in [0.1, 0.15) is 23.7 Å². The third-order valence-corrected chi connectivity index (χ3v) is 5.03. The van der Waals surface area contributed by atoms with E-state index < -0.39 is 5.66 Å². The zero-order valence-corrected chi connectivity index (χ0v) is 17.0. The van der Waals surface area contributed by atoms with E-state index in [-0.39, 0.29) is 35.9 Å². The fourth-order valence-electron chi connectivity index (χ4n) is 3.38. The highest BCUT2D eigenvalue weighted by Crippen LogP contribution is 2.26. The normalized spacial score (nSPS) is 16.5. The molecule has 0 bridgehead atoms. The first-order valence-electron chi connectivity index (χ1n) is 9.77. The van der Waals surface area contributed by atoms with Crippen LogP contribution >= 0.6 is 0 Å². The molecule has 0 spiro atoms. The molecule has 0 saturated heterocycles. The third-order valence-electron chi connectivity index (χ3n) is 5.03. The Kier molecular flexibility index (Phi) is 6.11. The largest absolute Gasteiger partial charge is 0.352 e. The van der Waals surface area contributed by atoms with Crippen LogP contribution in [0.3, 0.4) is 0 Å². The van der Waals surface area contributed by atoms with Crippen molar-refractivity contribution in [3.05, 3.63) is 71.5 Å². The van der Waals surface area contributed by atoms with Gasteiger partial charge in [-0.1, -0.05) is 30.3 Å². The van der Waals surface area contributed by atoms with E-state index in [9.17, 15) is 14.0 Å². The van der Waals surface area contributed by atoms with Gasteiger partial charge >= 0.3 is 0 Å². The predicted octanol–water partition coefficient (Wildman–Crippen LogP) is 3.33. The van der Waals surface area contributed by atoms with Gasteiger partial charge in [-0.05, 0) is 63.4 Å². The highest BCUT2D eigenvalue weighted by Gasteiger charge is 2.41. The number of aryl methyl sites for hydroxylation is 1. The van der Waals surface area contributed by atoms with E-state index in [2.05, 4.69) is 22.4 Å². The zero-order chi connectivity index (χ0) is 21.0. The fourth-order valence-corrected chi connectivity index (χ4v) is 3.38. The molecule has 0 saturated carbocycles. The van der Waals surface area contributed by atoms with Gasteiger partial charge in [-0.25, -0.2) is 4.39 Å². The number of rotatable bonds is 7. The lowest BCUT2D eigenvalue weighted by Crippen LogP contribution is -2.49. The van der Waals surface area contributed by atoms with Crippen LogP contribution in [0.4, 0.5) is 4.39 Å². The van der Waals surface area contributed by atoms with E-state index in [1.54, 1.807) is 13.8 Å². The number of benzene rings is 2. The fraction of sp³-hybridized carbons (Fsp3) is 0.348. The molecule has 29 heavy (non-hydrogen) atoms. The Hall–Kier alpha value is -3.02. The van der Waals surface area contributed by atoms with Crippen molar-refractivity contribution in [3.8, 4) is 0 Å². The van der Waals surface area contributed by atoms with Crippen LogP contribution in [0.2, 0.25) is 0 Å². The number of nitrogens with one attached hydrogen (secondary N) is 1. The van der Waals surface area contributed by atoms with Crippen LogP contribution in [-0.2, 0) is 16.0 Å². The van der Waals surface area contributed by atoms with Crippen molar-refractivity contribution in [2.24, 2.45) is 4.99 Å². The minimum Gasteiger partial charge on any atom is -0.352 e. The molecule has 1 aliphatic heterocycles. The molecule has 1 heterocycles. The number of amides is 2. The first-order chi connectivity index (χ1) is 13.8. The van der Waals surface area contributed by atoms with Gasteiger partial charge in [0.25, 0.3) is 5.91 Å². The Balaban J connectivity index is 1.58. The van der Waals surface area contributed by atoms with E-state index >= 15 is 0 Å². The Bertz CT molecular complexity index is 907. The minimum absolute atomic E-state index is 0.0130. The second-order valence-electron chi connectivity index (χ2n) is 7.85. The zero-order valence-electron chi connectivity index (χ0n) is 17.0.